The number of amidine groups is 1. The van der Waals surface area contributed by atoms with Crippen molar-refractivity contribution in [3.63, 3.8) is 0 Å². The summed E-state index contributed by atoms with van der Waals surface area (Å²) < 4.78 is 0. The molecule has 2 nitrogen and oxygen atoms in total. The average Bonchev–Trinajstić information content (AvgIpc) is 2.59. The summed E-state index contributed by atoms with van der Waals surface area (Å²) in [5.74, 6) is 7.34. The summed E-state index contributed by atoms with van der Waals surface area (Å²) in [7, 11) is 0. The van der Waals surface area contributed by atoms with Gasteiger partial charge in [-0.25, -0.2) is 0 Å². The molecule has 0 bridgehead atoms. The molecular weight excluding hydrogens is 184 g/mol. The SMILES string of the molecule is CCCCC#CC1=CC(NC(C)C)=NC1. The fraction of sp³-hybridized carbons (Fsp3) is 0.615. The number of nitrogens with one attached hydrogen (secondary N) is 1. The summed E-state index contributed by atoms with van der Waals surface area (Å²) in [5, 5.41) is 3.28. The van der Waals surface area contributed by atoms with Crippen LogP contribution in [0.2, 0.25) is 0 Å². The van der Waals surface area contributed by atoms with Crippen LogP contribution in [-0.2, 0) is 0 Å². The molecular formula is C13H20N2. The van der Waals surface area contributed by atoms with E-state index in [1.807, 2.05) is 0 Å². The lowest BCUT2D eigenvalue weighted by Crippen LogP contribution is -2.27. The van der Waals surface area contributed by atoms with Crippen molar-refractivity contribution in [1.29, 1.82) is 0 Å². The van der Waals surface area contributed by atoms with Gasteiger partial charge in [0.25, 0.3) is 0 Å². The van der Waals surface area contributed by atoms with E-state index in [1.54, 1.807) is 0 Å². The molecule has 0 amide bonds. The summed E-state index contributed by atoms with van der Waals surface area (Å²) in [6.07, 6.45) is 5.46. The zero-order valence-electron chi connectivity index (χ0n) is 9.93. The van der Waals surface area contributed by atoms with E-state index in [-0.39, 0.29) is 0 Å². The average molecular weight is 204 g/mol. The van der Waals surface area contributed by atoms with Gasteiger partial charge in [-0.15, -0.1) is 0 Å². The van der Waals surface area contributed by atoms with Gasteiger partial charge in [0.05, 0.1) is 6.54 Å². The van der Waals surface area contributed by atoms with Crippen LogP contribution in [0.3, 0.4) is 0 Å². The van der Waals surface area contributed by atoms with E-state index < -0.39 is 0 Å². The van der Waals surface area contributed by atoms with Crippen molar-refractivity contribution < 1.29 is 0 Å². The van der Waals surface area contributed by atoms with Gasteiger partial charge < -0.3 is 5.32 Å². The van der Waals surface area contributed by atoms with E-state index in [0.29, 0.717) is 6.04 Å². The number of nitrogens with zero attached hydrogens (tertiary/aromatic N) is 1. The Morgan fingerprint density at radius 3 is 3.00 bits per heavy atom. The number of unbranched alkanes of at least 4 members (excludes halogenated alkanes) is 2. The monoisotopic (exact) mass is 204 g/mol. The fourth-order valence-electron chi connectivity index (χ4n) is 1.33. The van der Waals surface area contributed by atoms with Crippen LogP contribution < -0.4 is 5.32 Å². The molecule has 0 aromatic carbocycles. The lowest BCUT2D eigenvalue weighted by molar-refractivity contribution is 0.735. The lowest BCUT2D eigenvalue weighted by Gasteiger charge is -2.06. The highest BCUT2D eigenvalue weighted by atomic mass is 15.0. The fourth-order valence-corrected chi connectivity index (χ4v) is 1.33. The maximum atomic E-state index is 4.37. The van der Waals surface area contributed by atoms with Crippen molar-refractivity contribution in [3.05, 3.63) is 11.6 Å². The molecule has 0 radical (unpaired) electrons. The first-order valence-corrected chi connectivity index (χ1v) is 5.72. The summed E-state index contributed by atoms with van der Waals surface area (Å²) in [5.41, 5.74) is 1.13. The third-order valence-electron chi connectivity index (χ3n) is 2.07. The molecule has 2 heteroatoms. The molecule has 0 unspecified atom stereocenters. The Balaban J connectivity index is 2.37. The van der Waals surface area contributed by atoms with E-state index in [0.717, 1.165) is 24.4 Å². The second-order valence-electron chi connectivity index (χ2n) is 4.08. The minimum atomic E-state index is 0.437. The molecule has 0 saturated carbocycles. The molecule has 0 spiro atoms. The van der Waals surface area contributed by atoms with E-state index >= 15 is 0 Å². The predicted octanol–water partition coefficient (Wildman–Crippen LogP) is 2.52. The first kappa shape index (κ1) is 11.8. The van der Waals surface area contributed by atoms with E-state index in [2.05, 4.69) is 49.0 Å². The van der Waals surface area contributed by atoms with Gasteiger partial charge in [-0.3, -0.25) is 4.99 Å². The Morgan fingerprint density at radius 1 is 1.53 bits per heavy atom. The molecule has 1 N–H and O–H groups in total. The van der Waals surface area contributed by atoms with Crippen molar-refractivity contribution in [2.45, 2.75) is 46.1 Å². The third kappa shape index (κ3) is 4.69. The van der Waals surface area contributed by atoms with Crippen LogP contribution in [0.1, 0.15) is 40.0 Å². The summed E-state index contributed by atoms with van der Waals surface area (Å²) in [6, 6.07) is 0.437. The first-order valence-electron chi connectivity index (χ1n) is 5.72. The first-order chi connectivity index (χ1) is 7.22. The predicted molar refractivity (Wildman–Crippen MR) is 66.0 cm³/mol. The maximum Gasteiger partial charge on any atom is 0.122 e. The van der Waals surface area contributed by atoms with Gasteiger partial charge in [0.15, 0.2) is 0 Å². The van der Waals surface area contributed by atoms with Gasteiger partial charge in [0.1, 0.15) is 5.84 Å². The second kappa shape index (κ2) is 6.29. The summed E-state index contributed by atoms with van der Waals surface area (Å²) in [4.78, 5) is 4.37. The van der Waals surface area contributed by atoms with Crippen molar-refractivity contribution in [2.24, 2.45) is 4.99 Å². The Bertz CT molecular complexity index is 313. The van der Waals surface area contributed by atoms with E-state index in [9.17, 15) is 0 Å². The third-order valence-corrected chi connectivity index (χ3v) is 2.07. The highest BCUT2D eigenvalue weighted by Crippen LogP contribution is 2.03. The molecule has 0 aromatic heterocycles. The minimum absolute atomic E-state index is 0.437. The van der Waals surface area contributed by atoms with Gasteiger partial charge in [0.2, 0.25) is 0 Å². The number of rotatable bonds is 3. The van der Waals surface area contributed by atoms with Crippen LogP contribution >= 0.6 is 0 Å². The van der Waals surface area contributed by atoms with Crippen LogP contribution in [-0.4, -0.2) is 18.4 Å². The zero-order chi connectivity index (χ0) is 11.1. The molecule has 0 aromatic rings. The Labute approximate surface area is 92.9 Å². The van der Waals surface area contributed by atoms with Gasteiger partial charge in [0, 0.05) is 18.0 Å². The van der Waals surface area contributed by atoms with Crippen molar-refractivity contribution in [1.82, 2.24) is 5.32 Å². The number of hydrogen-bond donors (Lipinski definition) is 1. The van der Waals surface area contributed by atoms with Crippen LogP contribution in [0.4, 0.5) is 0 Å². The molecule has 0 saturated heterocycles. The van der Waals surface area contributed by atoms with Crippen molar-refractivity contribution >= 4 is 5.84 Å². The quantitative estimate of drug-likeness (QED) is 0.554. The van der Waals surface area contributed by atoms with Crippen LogP contribution in [0.15, 0.2) is 16.6 Å². The Kier molecular flexibility index (Phi) is 4.97. The zero-order valence-corrected chi connectivity index (χ0v) is 9.93. The van der Waals surface area contributed by atoms with E-state index in [4.69, 9.17) is 0 Å². The highest BCUT2D eigenvalue weighted by molar-refractivity contribution is 5.96. The van der Waals surface area contributed by atoms with Crippen LogP contribution in [0, 0.1) is 11.8 Å². The van der Waals surface area contributed by atoms with Crippen molar-refractivity contribution in [3.8, 4) is 11.8 Å². The molecule has 1 aliphatic heterocycles. The molecule has 1 heterocycles. The Hall–Kier alpha value is -1.23. The minimum Gasteiger partial charge on any atom is -0.368 e. The van der Waals surface area contributed by atoms with Gasteiger partial charge in [-0.2, -0.15) is 0 Å². The molecule has 15 heavy (non-hydrogen) atoms. The van der Waals surface area contributed by atoms with Crippen molar-refractivity contribution in [2.75, 3.05) is 6.54 Å². The second-order valence-corrected chi connectivity index (χ2v) is 4.08. The molecule has 0 aliphatic carbocycles. The topological polar surface area (TPSA) is 24.4 Å². The molecule has 0 atom stereocenters. The molecule has 1 aliphatic rings. The smallest absolute Gasteiger partial charge is 0.122 e. The van der Waals surface area contributed by atoms with Gasteiger partial charge >= 0.3 is 0 Å². The molecule has 82 valence electrons. The Morgan fingerprint density at radius 2 is 2.33 bits per heavy atom. The largest absolute Gasteiger partial charge is 0.368 e. The molecule has 1 rings (SSSR count). The standard InChI is InChI=1S/C13H20N2/c1-4-5-6-7-8-12-9-13(14-10-12)15-11(2)3/h9,11H,4-6,10H2,1-3H3,(H,14,15). The maximum absolute atomic E-state index is 4.37. The van der Waals surface area contributed by atoms with Gasteiger partial charge in [-0.1, -0.05) is 25.2 Å². The molecule has 0 fully saturated rings. The number of hydrogen-bond acceptors (Lipinski definition) is 2. The lowest BCUT2D eigenvalue weighted by atomic mass is 10.2. The van der Waals surface area contributed by atoms with Crippen LogP contribution in [0.5, 0.6) is 0 Å². The van der Waals surface area contributed by atoms with Crippen LogP contribution in [0.25, 0.3) is 0 Å². The summed E-state index contributed by atoms with van der Waals surface area (Å²) >= 11 is 0. The van der Waals surface area contributed by atoms with Gasteiger partial charge in [-0.05, 0) is 26.3 Å². The highest BCUT2D eigenvalue weighted by Gasteiger charge is 2.06. The number of aliphatic imine (C=N–C) groups is 1. The van der Waals surface area contributed by atoms with E-state index in [1.165, 1.54) is 12.8 Å². The summed E-state index contributed by atoms with van der Waals surface area (Å²) in [6.45, 7) is 7.15. The normalized spacial score (nSPS) is 14.4.